The summed E-state index contributed by atoms with van der Waals surface area (Å²) in [6.07, 6.45) is 7.64. The second kappa shape index (κ2) is 10.2. The van der Waals surface area contributed by atoms with Gasteiger partial charge in [-0.2, -0.15) is 9.49 Å². The lowest BCUT2D eigenvalue weighted by molar-refractivity contribution is -0.117. The summed E-state index contributed by atoms with van der Waals surface area (Å²) in [5.74, 6) is 0.409. The van der Waals surface area contributed by atoms with Crippen molar-refractivity contribution in [2.75, 3.05) is 18.4 Å². The molecular formula is C29H25FN8OS. The Hall–Kier alpha value is -4.48. The minimum absolute atomic E-state index is 0.00320. The van der Waals surface area contributed by atoms with Crippen molar-refractivity contribution in [2.24, 2.45) is 5.92 Å². The highest BCUT2D eigenvalue weighted by Crippen LogP contribution is 2.36. The smallest absolute Gasteiger partial charge is 0.224 e. The molecule has 1 amide bonds. The zero-order valence-electron chi connectivity index (χ0n) is 21.4. The molecule has 7 rings (SSSR count). The van der Waals surface area contributed by atoms with Crippen molar-refractivity contribution >= 4 is 45.0 Å². The SMILES string of the molecule is O=C(CC1CCNCC1)Nc1cncc(-c2ccc3[nH]nc(-c4cc5c(-c6ccc(F)s6)ccnc5[nH]4)c3n2)c1. The molecule has 0 unspecified atom stereocenters. The first-order chi connectivity index (χ1) is 19.6. The predicted molar refractivity (Wildman–Crippen MR) is 154 cm³/mol. The van der Waals surface area contributed by atoms with Gasteiger partial charge in [0.05, 0.1) is 28.8 Å². The van der Waals surface area contributed by atoms with E-state index in [1.807, 2.05) is 30.3 Å². The molecule has 1 fully saturated rings. The van der Waals surface area contributed by atoms with E-state index in [0.29, 0.717) is 40.6 Å². The van der Waals surface area contributed by atoms with Gasteiger partial charge in [0, 0.05) is 40.2 Å². The van der Waals surface area contributed by atoms with Gasteiger partial charge in [0.2, 0.25) is 5.91 Å². The van der Waals surface area contributed by atoms with Gasteiger partial charge in [0.15, 0.2) is 5.13 Å². The van der Waals surface area contributed by atoms with Gasteiger partial charge in [-0.3, -0.25) is 14.9 Å². The summed E-state index contributed by atoms with van der Waals surface area (Å²) in [5.41, 5.74) is 6.60. The van der Waals surface area contributed by atoms with Crippen LogP contribution in [0.5, 0.6) is 0 Å². The molecule has 9 nitrogen and oxygen atoms in total. The second-order valence-electron chi connectivity index (χ2n) is 9.98. The Bertz CT molecular complexity index is 1850. The van der Waals surface area contributed by atoms with Gasteiger partial charge in [-0.05, 0) is 74.3 Å². The molecule has 40 heavy (non-hydrogen) atoms. The topological polar surface area (TPSA) is 124 Å². The number of nitrogens with zero attached hydrogens (tertiary/aromatic N) is 4. The first kappa shape index (κ1) is 24.6. The van der Waals surface area contributed by atoms with Crippen LogP contribution in [0.15, 0.2) is 61.1 Å². The van der Waals surface area contributed by atoms with Crippen LogP contribution in [0.3, 0.4) is 0 Å². The molecule has 0 bridgehead atoms. The molecule has 0 saturated carbocycles. The first-order valence-corrected chi connectivity index (χ1v) is 14.0. The van der Waals surface area contributed by atoms with Crippen LogP contribution in [0.1, 0.15) is 19.3 Å². The fourth-order valence-electron chi connectivity index (χ4n) is 5.28. The van der Waals surface area contributed by atoms with Crippen molar-refractivity contribution in [3.8, 4) is 33.1 Å². The average Bonchev–Trinajstić information content (AvgIpc) is 3.71. The van der Waals surface area contributed by atoms with Gasteiger partial charge < -0.3 is 15.6 Å². The van der Waals surface area contributed by atoms with E-state index in [2.05, 4.69) is 35.8 Å². The molecule has 1 aliphatic heterocycles. The number of thiophene rings is 1. The number of aromatic nitrogens is 6. The summed E-state index contributed by atoms with van der Waals surface area (Å²) in [4.78, 5) is 30.6. The lowest BCUT2D eigenvalue weighted by Crippen LogP contribution is -2.30. The van der Waals surface area contributed by atoms with Crippen LogP contribution >= 0.6 is 11.3 Å². The molecule has 0 spiro atoms. The van der Waals surface area contributed by atoms with E-state index in [1.54, 1.807) is 24.7 Å². The zero-order valence-corrected chi connectivity index (χ0v) is 22.2. The van der Waals surface area contributed by atoms with E-state index in [9.17, 15) is 9.18 Å². The minimum atomic E-state index is -0.231. The summed E-state index contributed by atoms with van der Waals surface area (Å²) in [7, 11) is 0. The Balaban J connectivity index is 1.19. The zero-order chi connectivity index (χ0) is 27.1. The number of aromatic amines is 2. The van der Waals surface area contributed by atoms with Gasteiger partial charge in [0.25, 0.3) is 0 Å². The van der Waals surface area contributed by atoms with Crippen LogP contribution < -0.4 is 10.6 Å². The van der Waals surface area contributed by atoms with Gasteiger partial charge in [-0.15, -0.1) is 11.3 Å². The number of amides is 1. The van der Waals surface area contributed by atoms with E-state index in [1.165, 1.54) is 6.07 Å². The van der Waals surface area contributed by atoms with Gasteiger partial charge in [-0.25, -0.2) is 9.97 Å². The molecule has 0 aromatic carbocycles. The first-order valence-electron chi connectivity index (χ1n) is 13.2. The number of halogens is 1. The maximum atomic E-state index is 13.7. The Morgan fingerprint density at radius 1 is 1.10 bits per heavy atom. The van der Waals surface area contributed by atoms with Crippen molar-refractivity contribution in [1.29, 1.82) is 0 Å². The fraction of sp³-hybridized carbons (Fsp3) is 0.207. The molecule has 7 heterocycles. The van der Waals surface area contributed by atoms with Crippen LogP contribution in [-0.2, 0) is 4.79 Å². The summed E-state index contributed by atoms with van der Waals surface area (Å²) >= 11 is 1.10. The molecule has 1 aliphatic rings. The number of H-pyrrole nitrogens is 2. The normalized spacial score (nSPS) is 14.2. The average molecular weight is 553 g/mol. The standard InChI is InChI=1S/C29H25FN8OS/c30-25-4-3-24(40-25)19-7-10-33-29-20(19)13-23(36-29)28-27-22(37-38-28)2-1-21(35-27)17-12-18(15-32-14-17)34-26(39)11-16-5-8-31-9-6-16/h1-4,7,10,12-16,31H,5-6,8-9,11H2,(H,33,36)(H,34,39)(H,37,38). The number of carbonyl (C=O) groups is 1. The number of pyridine rings is 3. The number of anilines is 1. The van der Waals surface area contributed by atoms with Gasteiger partial charge in [0.1, 0.15) is 16.9 Å². The van der Waals surface area contributed by atoms with E-state index in [-0.39, 0.29) is 11.0 Å². The lowest BCUT2D eigenvalue weighted by atomic mass is 9.94. The van der Waals surface area contributed by atoms with Crippen LogP contribution in [0, 0.1) is 11.0 Å². The second-order valence-corrected chi connectivity index (χ2v) is 11.0. The lowest BCUT2D eigenvalue weighted by Gasteiger charge is -2.21. The van der Waals surface area contributed by atoms with Crippen molar-refractivity contribution in [1.82, 2.24) is 35.5 Å². The molecular weight excluding hydrogens is 527 g/mol. The summed E-state index contributed by atoms with van der Waals surface area (Å²) < 4.78 is 13.7. The summed E-state index contributed by atoms with van der Waals surface area (Å²) in [5, 5.41) is 14.6. The van der Waals surface area contributed by atoms with Crippen LogP contribution in [0.4, 0.5) is 10.1 Å². The third-order valence-electron chi connectivity index (χ3n) is 7.28. The molecule has 6 aromatic heterocycles. The maximum absolute atomic E-state index is 13.7. The van der Waals surface area contributed by atoms with E-state index in [4.69, 9.17) is 4.98 Å². The van der Waals surface area contributed by atoms with Crippen molar-refractivity contribution in [3.63, 3.8) is 0 Å². The molecule has 6 aromatic rings. The largest absolute Gasteiger partial charge is 0.338 e. The summed E-state index contributed by atoms with van der Waals surface area (Å²) in [6.45, 7) is 1.92. The van der Waals surface area contributed by atoms with Gasteiger partial charge in [-0.1, -0.05) is 0 Å². The van der Waals surface area contributed by atoms with E-state index < -0.39 is 0 Å². The molecule has 0 aliphatic carbocycles. The predicted octanol–water partition coefficient (Wildman–Crippen LogP) is 5.76. The highest BCUT2D eigenvalue weighted by molar-refractivity contribution is 7.14. The maximum Gasteiger partial charge on any atom is 0.224 e. The Labute approximate surface area is 232 Å². The summed E-state index contributed by atoms with van der Waals surface area (Å²) in [6, 6.07) is 12.8. The molecule has 1 saturated heterocycles. The number of hydrogen-bond donors (Lipinski definition) is 4. The minimum Gasteiger partial charge on any atom is -0.338 e. The monoisotopic (exact) mass is 552 g/mol. The molecule has 11 heteroatoms. The number of fused-ring (bicyclic) bond motifs is 2. The highest BCUT2D eigenvalue weighted by atomic mass is 32.1. The fourth-order valence-corrected chi connectivity index (χ4v) is 6.05. The number of carbonyl (C=O) groups excluding carboxylic acids is 1. The highest BCUT2D eigenvalue weighted by Gasteiger charge is 2.19. The molecule has 0 atom stereocenters. The van der Waals surface area contributed by atoms with Crippen molar-refractivity contribution in [3.05, 3.63) is 66.2 Å². The van der Waals surface area contributed by atoms with Gasteiger partial charge >= 0.3 is 0 Å². The molecule has 0 radical (unpaired) electrons. The number of hydrogen-bond acceptors (Lipinski definition) is 7. The number of nitrogens with one attached hydrogen (secondary N) is 4. The third kappa shape index (κ3) is 4.74. The Morgan fingerprint density at radius 3 is 2.85 bits per heavy atom. The van der Waals surface area contributed by atoms with Crippen molar-refractivity contribution < 1.29 is 9.18 Å². The molecule has 4 N–H and O–H groups in total. The number of piperidine rings is 1. The Kier molecular flexibility index (Phi) is 6.29. The van der Waals surface area contributed by atoms with E-state index in [0.717, 1.165) is 69.9 Å². The van der Waals surface area contributed by atoms with E-state index >= 15 is 0 Å². The third-order valence-corrected chi connectivity index (χ3v) is 8.19. The van der Waals surface area contributed by atoms with Crippen LogP contribution in [0.25, 0.3) is 55.2 Å². The van der Waals surface area contributed by atoms with Crippen molar-refractivity contribution in [2.45, 2.75) is 19.3 Å². The molecule has 200 valence electrons. The van der Waals surface area contributed by atoms with Crippen LogP contribution in [0.2, 0.25) is 0 Å². The number of rotatable bonds is 6. The quantitative estimate of drug-likeness (QED) is 0.208. The van der Waals surface area contributed by atoms with Crippen LogP contribution in [-0.4, -0.2) is 49.1 Å². The Morgan fingerprint density at radius 2 is 2.00 bits per heavy atom.